The molecule has 0 fully saturated rings. The number of methoxy groups -OCH3 is 1. The second-order valence-electron chi connectivity index (χ2n) is 3.12. The highest BCUT2D eigenvalue weighted by Crippen LogP contribution is 1.93. The van der Waals surface area contributed by atoms with E-state index in [9.17, 15) is 4.79 Å². The maximum absolute atomic E-state index is 10.7. The molecule has 0 aliphatic rings. The SMILES string of the molecule is COC(=O)c1ccccn1.Cc1cncnc1. The molecule has 0 N–H and O–H groups in total. The number of carbonyl (C=O) groups is 1. The van der Waals surface area contributed by atoms with Crippen molar-refractivity contribution >= 4 is 5.97 Å². The topological polar surface area (TPSA) is 65.0 Å². The first-order chi connectivity index (χ1) is 8.24. The van der Waals surface area contributed by atoms with Gasteiger partial charge in [-0.25, -0.2) is 19.7 Å². The smallest absolute Gasteiger partial charge is 0.356 e. The molecule has 2 aromatic heterocycles. The number of ether oxygens (including phenoxy) is 1. The van der Waals surface area contributed by atoms with Gasteiger partial charge in [-0.2, -0.15) is 0 Å². The number of aryl methyl sites for hydroxylation is 1. The van der Waals surface area contributed by atoms with Crippen LogP contribution in [0.1, 0.15) is 16.1 Å². The third kappa shape index (κ3) is 4.83. The van der Waals surface area contributed by atoms with Crippen LogP contribution in [0.25, 0.3) is 0 Å². The normalized spacial score (nSPS) is 8.82. The van der Waals surface area contributed by atoms with Crippen LogP contribution in [0.4, 0.5) is 0 Å². The predicted octanol–water partition coefficient (Wildman–Crippen LogP) is 1.65. The van der Waals surface area contributed by atoms with Gasteiger partial charge in [0, 0.05) is 18.6 Å². The summed E-state index contributed by atoms with van der Waals surface area (Å²) in [7, 11) is 1.33. The molecule has 5 nitrogen and oxygen atoms in total. The molecule has 2 aromatic rings. The molecule has 0 aliphatic carbocycles. The van der Waals surface area contributed by atoms with Crippen LogP contribution in [0.15, 0.2) is 43.1 Å². The van der Waals surface area contributed by atoms with Crippen molar-refractivity contribution < 1.29 is 9.53 Å². The first-order valence-electron chi connectivity index (χ1n) is 4.95. The quantitative estimate of drug-likeness (QED) is 0.698. The van der Waals surface area contributed by atoms with Crippen LogP contribution < -0.4 is 0 Å². The van der Waals surface area contributed by atoms with Crippen molar-refractivity contribution in [2.75, 3.05) is 7.11 Å². The summed E-state index contributed by atoms with van der Waals surface area (Å²) in [4.78, 5) is 22.0. The second kappa shape index (κ2) is 7.05. The van der Waals surface area contributed by atoms with Crippen molar-refractivity contribution in [3.63, 3.8) is 0 Å². The number of hydrogen-bond donors (Lipinski definition) is 0. The molecule has 0 unspecified atom stereocenters. The minimum atomic E-state index is -0.402. The number of aromatic nitrogens is 3. The van der Waals surface area contributed by atoms with E-state index < -0.39 is 5.97 Å². The molecule has 2 heterocycles. The first-order valence-corrected chi connectivity index (χ1v) is 4.95. The van der Waals surface area contributed by atoms with Crippen LogP contribution in [-0.2, 0) is 4.74 Å². The van der Waals surface area contributed by atoms with Gasteiger partial charge in [0.25, 0.3) is 0 Å². The minimum Gasteiger partial charge on any atom is -0.464 e. The van der Waals surface area contributed by atoms with E-state index in [0.717, 1.165) is 5.56 Å². The molecular formula is C12H13N3O2. The lowest BCUT2D eigenvalue weighted by atomic mass is 10.4. The highest BCUT2D eigenvalue weighted by atomic mass is 16.5. The Hall–Kier alpha value is -2.30. The summed E-state index contributed by atoms with van der Waals surface area (Å²) in [6.07, 6.45) is 6.61. The monoisotopic (exact) mass is 231 g/mol. The molecule has 0 saturated carbocycles. The van der Waals surface area contributed by atoms with Gasteiger partial charge in [0.15, 0.2) is 0 Å². The molecule has 0 amide bonds. The van der Waals surface area contributed by atoms with E-state index in [-0.39, 0.29) is 0 Å². The summed E-state index contributed by atoms with van der Waals surface area (Å²) < 4.78 is 4.43. The lowest BCUT2D eigenvalue weighted by Crippen LogP contribution is -2.02. The van der Waals surface area contributed by atoms with Crippen molar-refractivity contribution in [1.29, 1.82) is 0 Å². The Labute approximate surface area is 99.5 Å². The van der Waals surface area contributed by atoms with Gasteiger partial charge >= 0.3 is 5.97 Å². The van der Waals surface area contributed by atoms with Gasteiger partial charge in [-0.15, -0.1) is 0 Å². The molecule has 88 valence electrons. The van der Waals surface area contributed by atoms with E-state index >= 15 is 0 Å². The maximum atomic E-state index is 10.7. The van der Waals surface area contributed by atoms with Crippen molar-refractivity contribution in [1.82, 2.24) is 15.0 Å². The Bertz CT molecular complexity index is 446. The highest BCUT2D eigenvalue weighted by Gasteiger charge is 2.02. The van der Waals surface area contributed by atoms with Crippen molar-refractivity contribution in [2.24, 2.45) is 0 Å². The molecule has 5 heteroatoms. The molecule has 0 radical (unpaired) electrons. The van der Waals surface area contributed by atoms with Gasteiger partial charge in [-0.1, -0.05) is 6.07 Å². The van der Waals surface area contributed by atoms with Gasteiger partial charge in [-0.05, 0) is 24.6 Å². The second-order valence-corrected chi connectivity index (χ2v) is 3.12. The van der Waals surface area contributed by atoms with Gasteiger partial charge in [-0.3, -0.25) is 0 Å². The first kappa shape index (κ1) is 12.8. The Morgan fingerprint density at radius 3 is 2.35 bits per heavy atom. The van der Waals surface area contributed by atoms with E-state index in [1.54, 1.807) is 36.8 Å². The number of carbonyl (C=O) groups excluding carboxylic acids is 1. The van der Waals surface area contributed by atoms with Crippen LogP contribution in [0.3, 0.4) is 0 Å². The van der Waals surface area contributed by atoms with Gasteiger partial charge in [0.1, 0.15) is 12.0 Å². The number of hydrogen-bond acceptors (Lipinski definition) is 5. The Morgan fingerprint density at radius 1 is 1.24 bits per heavy atom. The Morgan fingerprint density at radius 2 is 1.94 bits per heavy atom. The average molecular weight is 231 g/mol. The summed E-state index contributed by atoms with van der Waals surface area (Å²) in [5.41, 5.74) is 1.44. The minimum absolute atomic E-state index is 0.338. The van der Waals surface area contributed by atoms with Gasteiger partial charge in [0.05, 0.1) is 7.11 Å². The third-order valence-electron chi connectivity index (χ3n) is 1.75. The summed E-state index contributed by atoms with van der Waals surface area (Å²) in [5, 5.41) is 0. The fraction of sp³-hybridized carbons (Fsp3) is 0.167. The standard InChI is InChI=1S/C7H7NO2.C5H6N2/c1-10-7(9)6-4-2-3-5-8-6;1-5-2-6-4-7-3-5/h2-5H,1H3;2-4H,1H3. The summed E-state index contributed by atoms with van der Waals surface area (Å²) in [5.74, 6) is -0.402. The molecule has 0 aromatic carbocycles. The van der Waals surface area contributed by atoms with Crippen molar-refractivity contribution in [2.45, 2.75) is 6.92 Å². The molecule has 2 rings (SSSR count). The fourth-order valence-electron chi connectivity index (χ4n) is 0.962. The van der Waals surface area contributed by atoms with Crippen LogP contribution in [0.5, 0.6) is 0 Å². The maximum Gasteiger partial charge on any atom is 0.356 e. The largest absolute Gasteiger partial charge is 0.464 e. The average Bonchev–Trinajstić information content (AvgIpc) is 2.40. The molecule has 17 heavy (non-hydrogen) atoms. The van der Waals surface area contributed by atoms with E-state index in [1.807, 2.05) is 6.92 Å². The van der Waals surface area contributed by atoms with Crippen molar-refractivity contribution in [3.8, 4) is 0 Å². The highest BCUT2D eigenvalue weighted by molar-refractivity contribution is 5.86. The Kier molecular flexibility index (Phi) is 5.30. The molecule has 0 spiro atoms. The number of nitrogens with zero attached hydrogens (tertiary/aromatic N) is 3. The lowest BCUT2D eigenvalue weighted by molar-refractivity contribution is 0.0594. The molecule has 0 atom stereocenters. The predicted molar refractivity (Wildman–Crippen MR) is 62.3 cm³/mol. The van der Waals surface area contributed by atoms with E-state index in [4.69, 9.17) is 0 Å². The summed E-state index contributed by atoms with van der Waals surface area (Å²) >= 11 is 0. The molecule has 0 bridgehead atoms. The fourth-order valence-corrected chi connectivity index (χ4v) is 0.962. The lowest BCUT2D eigenvalue weighted by Gasteiger charge is -1.94. The number of esters is 1. The zero-order chi connectivity index (χ0) is 12.5. The van der Waals surface area contributed by atoms with Crippen LogP contribution in [-0.4, -0.2) is 28.0 Å². The number of rotatable bonds is 1. The zero-order valence-electron chi connectivity index (χ0n) is 9.70. The Balaban J connectivity index is 0.000000181. The van der Waals surface area contributed by atoms with Crippen molar-refractivity contribution in [3.05, 3.63) is 54.4 Å². The van der Waals surface area contributed by atoms with E-state index in [1.165, 1.54) is 13.4 Å². The van der Waals surface area contributed by atoms with E-state index in [2.05, 4.69) is 19.7 Å². The summed E-state index contributed by atoms with van der Waals surface area (Å²) in [6, 6.07) is 5.08. The molecular weight excluding hydrogens is 218 g/mol. The van der Waals surface area contributed by atoms with Gasteiger partial charge < -0.3 is 4.74 Å². The van der Waals surface area contributed by atoms with Crippen LogP contribution >= 0.6 is 0 Å². The molecule has 0 aliphatic heterocycles. The van der Waals surface area contributed by atoms with Crippen LogP contribution in [0, 0.1) is 6.92 Å². The zero-order valence-corrected chi connectivity index (χ0v) is 9.70. The van der Waals surface area contributed by atoms with E-state index in [0.29, 0.717) is 5.69 Å². The summed E-state index contributed by atoms with van der Waals surface area (Å²) in [6.45, 7) is 1.96. The third-order valence-corrected chi connectivity index (χ3v) is 1.75. The number of pyridine rings is 1. The molecule has 0 saturated heterocycles. The van der Waals surface area contributed by atoms with Gasteiger partial charge in [0.2, 0.25) is 0 Å². The van der Waals surface area contributed by atoms with Crippen LogP contribution in [0.2, 0.25) is 0 Å².